The van der Waals surface area contributed by atoms with Crippen LogP contribution in [-0.4, -0.2) is 6.67 Å². The Bertz CT molecular complexity index is 443. The fourth-order valence-electron chi connectivity index (χ4n) is 1.40. The molecule has 2 N–H and O–H groups in total. The molecule has 0 atom stereocenters. The molecular formula is C13H13FN2. The van der Waals surface area contributed by atoms with Crippen LogP contribution in [0.15, 0.2) is 54.6 Å². The number of anilines is 2. The van der Waals surface area contributed by atoms with Crippen molar-refractivity contribution in [1.29, 1.82) is 0 Å². The van der Waals surface area contributed by atoms with Gasteiger partial charge in [-0.05, 0) is 30.3 Å². The molecule has 0 saturated heterocycles. The lowest BCUT2D eigenvalue weighted by Crippen LogP contribution is -2.11. The Morgan fingerprint density at radius 3 is 2.25 bits per heavy atom. The molecule has 2 nitrogen and oxygen atoms in total. The zero-order valence-electron chi connectivity index (χ0n) is 8.78. The van der Waals surface area contributed by atoms with E-state index in [4.69, 9.17) is 0 Å². The fourth-order valence-corrected chi connectivity index (χ4v) is 1.40. The summed E-state index contributed by atoms with van der Waals surface area (Å²) in [6.07, 6.45) is 0. The third-order valence-corrected chi connectivity index (χ3v) is 2.18. The number of para-hydroxylation sites is 1. The lowest BCUT2D eigenvalue weighted by Gasteiger charge is -2.09. The SMILES string of the molecule is Fc1cccc(NCNc2ccccc2)c1. The van der Waals surface area contributed by atoms with Crippen molar-refractivity contribution in [3.8, 4) is 0 Å². The largest absolute Gasteiger partial charge is 0.368 e. The minimum atomic E-state index is -0.232. The maximum absolute atomic E-state index is 12.9. The van der Waals surface area contributed by atoms with Crippen molar-refractivity contribution in [3.63, 3.8) is 0 Å². The van der Waals surface area contributed by atoms with Gasteiger partial charge in [-0.3, -0.25) is 0 Å². The summed E-state index contributed by atoms with van der Waals surface area (Å²) in [5.41, 5.74) is 1.80. The molecule has 0 amide bonds. The summed E-state index contributed by atoms with van der Waals surface area (Å²) in [6.45, 7) is 0.563. The summed E-state index contributed by atoms with van der Waals surface area (Å²) in [5.74, 6) is -0.232. The van der Waals surface area contributed by atoms with E-state index < -0.39 is 0 Å². The van der Waals surface area contributed by atoms with E-state index in [1.54, 1.807) is 6.07 Å². The van der Waals surface area contributed by atoms with Gasteiger partial charge in [0.2, 0.25) is 0 Å². The molecule has 82 valence electrons. The van der Waals surface area contributed by atoms with E-state index in [0.29, 0.717) is 6.67 Å². The highest BCUT2D eigenvalue weighted by Gasteiger charge is 1.93. The average molecular weight is 216 g/mol. The minimum Gasteiger partial charge on any atom is -0.368 e. The molecule has 0 unspecified atom stereocenters. The highest BCUT2D eigenvalue weighted by atomic mass is 19.1. The van der Waals surface area contributed by atoms with Gasteiger partial charge >= 0.3 is 0 Å². The smallest absolute Gasteiger partial charge is 0.125 e. The summed E-state index contributed by atoms with van der Waals surface area (Å²) in [4.78, 5) is 0. The molecule has 2 aromatic rings. The Hall–Kier alpha value is -2.03. The molecule has 0 aliphatic rings. The molecule has 0 fully saturated rings. The fraction of sp³-hybridized carbons (Fsp3) is 0.0769. The van der Waals surface area contributed by atoms with Gasteiger partial charge in [-0.2, -0.15) is 0 Å². The summed E-state index contributed by atoms with van der Waals surface area (Å²) in [6, 6.07) is 16.2. The quantitative estimate of drug-likeness (QED) is 0.766. The number of halogens is 1. The third kappa shape index (κ3) is 2.98. The van der Waals surface area contributed by atoms with E-state index in [0.717, 1.165) is 11.4 Å². The monoisotopic (exact) mass is 216 g/mol. The van der Waals surface area contributed by atoms with Gasteiger partial charge in [0.15, 0.2) is 0 Å². The maximum Gasteiger partial charge on any atom is 0.125 e. The third-order valence-electron chi connectivity index (χ3n) is 2.18. The number of benzene rings is 2. The van der Waals surface area contributed by atoms with Crippen LogP contribution in [0.1, 0.15) is 0 Å². The zero-order valence-corrected chi connectivity index (χ0v) is 8.78. The Labute approximate surface area is 94.1 Å². The van der Waals surface area contributed by atoms with Crippen LogP contribution in [0, 0.1) is 5.82 Å². The van der Waals surface area contributed by atoms with Crippen molar-refractivity contribution in [2.24, 2.45) is 0 Å². The van der Waals surface area contributed by atoms with E-state index >= 15 is 0 Å². The molecule has 0 aliphatic heterocycles. The second kappa shape index (κ2) is 5.16. The summed E-state index contributed by atoms with van der Waals surface area (Å²) < 4.78 is 12.9. The molecule has 2 rings (SSSR count). The topological polar surface area (TPSA) is 24.1 Å². The van der Waals surface area contributed by atoms with E-state index in [2.05, 4.69) is 10.6 Å². The normalized spacial score (nSPS) is 9.81. The van der Waals surface area contributed by atoms with Crippen LogP contribution in [-0.2, 0) is 0 Å². The first-order chi connectivity index (χ1) is 7.84. The van der Waals surface area contributed by atoms with Crippen LogP contribution in [0.25, 0.3) is 0 Å². The van der Waals surface area contributed by atoms with Crippen LogP contribution in [0.5, 0.6) is 0 Å². The van der Waals surface area contributed by atoms with Gasteiger partial charge < -0.3 is 10.6 Å². The van der Waals surface area contributed by atoms with Crippen LogP contribution in [0.2, 0.25) is 0 Å². The van der Waals surface area contributed by atoms with Crippen LogP contribution < -0.4 is 10.6 Å². The molecule has 0 heterocycles. The van der Waals surface area contributed by atoms with Crippen molar-refractivity contribution in [2.75, 3.05) is 17.3 Å². The van der Waals surface area contributed by atoms with Crippen molar-refractivity contribution in [1.82, 2.24) is 0 Å². The van der Waals surface area contributed by atoms with Crippen LogP contribution >= 0.6 is 0 Å². The molecule has 2 aromatic carbocycles. The highest BCUT2D eigenvalue weighted by Crippen LogP contribution is 2.09. The Morgan fingerprint density at radius 2 is 1.50 bits per heavy atom. The number of nitrogens with one attached hydrogen (secondary N) is 2. The molecule has 0 spiro atoms. The van der Waals surface area contributed by atoms with Crippen LogP contribution in [0.3, 0.4) is 0 Å². The first-order valence-corrected chi connectivity index (χ1v) is 5.13. The standard InChI is InChI=1S/C13H13FN2/c14-11-5-4-8-13(9-11)16-10-15-12-6-2-1-3-7-12/h1-9,15-16H,10H2. The first-order valence-electron chi connectivity index (χ1n) is 5.13. The Balaban J connectivity index is 1.85. The highest BCUT2D eigenvalue weighted by molar-refractivity contribution is 5.47. The maximum atomic E-state index is 12.9. The number of hydrogen-bond donors (Lipinski definition) is 2. The molecule has 3 heteroatoms. The molecular weight excluding hydrogens is 203 g/mol. The molecule has 0 saturated carbocycles. The number of rotatable bonds is 4. The van der Waals surface area contributed by atoms with Crippen molar-refractivity contribution in [3.05, 3.63) is 60.4 Å². The van der Waals surface area contributed by atoms with Gasteiger partial charge in [0.05, 0.1) is 6.67 Å². The Morgan fingerprint density at radius 1 is 0.812 bits per heavy atom. The number of hydrogen-bond acceptors (Lipinski definition) is 2. The lowest BCUT2D eigenvalue weighted by molar-refractivity contribution is 0.628. The predicted octanol–water partition coefficient (Wildman–Crippen LogP) is 3.31. The van der Waals surface area contributed by atoms with E-state index in [9.17, 15) is 4.39 Å². The minimum absolute atomic E-state index is 0.232. The predicted molar refractivity (Wildman–Crippen MR) is 65.0 cm³/mol. The van der Waals surface area contributed by atoms with Gasteiger partial charge in [0.1, 0.15) is 5.82 Å². The van der Waals surface area contributed by atoms with Gasteiger partial charge in [0, 0.05) is 11.4 Å². The second-order valence-corrected chi connectivity index (χ2v) is 3.41. The van der Waals surface area contributed by atoms with Gasteiger partial charge in [-0.1, -0.05) is 24.3 Å². The Kier molecular flexibility index (Phi) is 3.38. The van der Waals surface area contributed by atoms with Gasteiger partial charge in [-0.25, -0.2) is 4.39 Å². The van der Waals surface area contributed by atoms with Gasteiger partial charge in [-0.15, -0.1) is 0 Å². The average Bonchev–Trinajstić information content (AvgIpc) is 2.30. The van der Waals surface area contributed by atoms with E-state index in [1.165, 1.54) is 12.1 Å². The lowest BCUT2D eigenvalue weighted by atomic mass is 10.3. The summed E-state index contributed by atoms with van der Waals surface area (Å²) >= 11 is 0. The van der Waals surface area contributed by atoms with Crippen molar-refractivity contribution in [2.45, 2.75) is 0 Å². The second-order valence-electron chi connectivity index (χ2n) is 3.41. The molecule has 16 heavy (non-hydrogen) atoms. The summed E-state index contributed by atoms with van der Waals surface area (Å²) in [7, 11) is 0. The van der Waals surface area contributed by atoms with Crippen LogP contribution in [0.4, 0.5) is 15.8 Å². The first kappa shape index (κ1) is 10.5. The molecule has 0 aliphatic carbocycles. The molecule has 0 radical (unpaired) electrons. The van der Waals surface area contributed by atoms with Crippen molar-refractivity contribution < 1.29 is 4.39 Å². The van der Waals surface area contributed by atoms with E-state index in [-0.39, 0.29) is 5.82 Å². The zero-order chi connectivity index (χ0) is 11.2. The summed E-state index contributed by atoms with van der Waals surface area (Å²) in [5, 5.41) is 6.26. The van der Waals surface area contributed by atoms with Crippen molar-refractivity contribution >= 4 is 11.4 Å². The molecule has 0 bridgehead atoms. The van der Waals surface area contributed by atoms with E-state index in [1.807, 2.05) is 36.4 Å². The van der Waals surface area contributed by atoms with Gasteiger partial charge in [0.25, 0.3) is 0 Å². The molecule has 0 aromatic heterocycles.